The van der Waals surface area contributed by atoms with Crippen LogP contribution < -0.4 is 10.6 Å². The first kappa shape index (κ1) is 20.5. The van der Waals surface area contributed by atoms with Crippen LogP contribution in [0.4, 0.5) is 4.79 Å². The fourth-order valence-electron chi connectivity index (χ4n) is 2.34. The van der Waals surface area contributed by atoms with Gasteiger partial charge in [0.25, 0.3) is 0 Å². The van der Waals surface area contributed by atoms with Crippen molar-refractivity contribution in [3.63, 3.8) is 0 Å². The van der Waals surface area contributed by atoms with E-state index in [-0.39, 0.29) is 11.9 Å². The Labute approximate surface area is 149 Å². The minimum atomic E-state index is -0.504. The second-order valence-electron chi connectivity index (χ2n) is 6.67. The molecule has 0 aliphatic carbocycles. The van der Waals surface area contributed by atoms with E-state index < -0.39 is 11.7 Å². The Kier molecular flexibility index (Phi) is 8.24. The zero-order chi connectivity index (χ0) is 18.2. The van der Waals surface area contributed by atoms with E-state index in [1.165, 1.54) is 0 Å². The van der Waals surface area contributed by atoms with Gasteiger partial charge in [-0.3, -0.25) is 4.79 Å². The molecule has 0 saturated carbocycles. The summed E-state index contributed by atoms with van der Waals surface area (Å²) < 4.78 is 10.2. The molecule has 1 fully saturated rings. The van der Waals surface area contributed by atoms with Crippen LogP contribution in [0.2, 0.25) is 0 Å². The van der Waals surface area contributed by atoms with Crippen LogP contribution in [0.1, 0.15) is 40.5 Å². The van der Waals surface area contributed by atoms with Crippen LogP contribution in [-0.2, 0) is 14.3 Å². The van der Waals surface area contributed by atoms with Crippen LogP contribution in [-0.4, -0.2) is 60.5 Å². The van der Waals surface area contributed by atoms with E-state index in [1.54, 1.807) is 0 Å². The molecule has 1 aliphatic heterocycles. The van der Waals surface area contributed by atoms with Gasteiger partial charge in [-0.1, -0.05) is 0 Å². The predicted molar refractivity (Wildman–Crippen MR) is 95.8 cm³/mol. The Morgan fingerprint density at radius 2 is 1.75 bits per heavy atom. The van der Waals surface area contributed by atoms with Crippen molar-refractivity contribution in [1.82, 2.24) is 15.5 Å². The van der Waals surface area contributed by atoms with Gasteiger partial charge in [-0.2, -0.15) is 0 Å². The summed E-state index contributed by atoms with van der Waals surface area (Å²) in [6.07, 6.45) is 1.05. The molecule has 138 valence electrons. The number of hydrogen-bond donors (Lipinski definition) is 2. The Morgan fingerprint density at radius 3 is 2.29 bits per heavy atom. The minimum Gasteiger partial charge on any atom is -0.466 e. The van der Waals surface area contributed by atoms with Gasteiger partial charge in [0, 0.05) is 26.2 Å². The van der Waals surface area contributed by atoms with Crippen LogP contribution in [0.3, 0.4) is 0 Å². The summed E-state index contributed by atoms with van der Waals surface area (Å²) in [6, 6.07) is 0. The second kappa shape index (κ2) is 9.66. The molecule has 0 aromatic carbocycles. The summed E-state index contributed by atoms with van der Waals surface area (Å²) in [7, 11) is 0. The molecule has 2 N–H and O–H groups in total. The third-order valence-corrected chi connectivity index (χ3v) is 3.87. The van der Waals surface area contributed by atoms with Crippen LogP contribution in [0, 0.1) is 5.92 Å². The molecule has 1 heterocycles. The molecule has 1 aliphatic rings. The quantitative estimate of drug-likeness (QED) is 0.439. The number of amides is 1. The predicted octanol–water partition coefficient (Wildman–Crippen LogP) is 1.66. The minimum absolute atomic E-state index is 0.0298. The van der Waals surface area contributed by atoms with Gasteiger partial charge < -0.3 is 25.0 Å². The fraction of sp³-hybridized carbons (Fsp3) is 0.812. The SMILES string of the molecule is CCOC(=O)C1CCN(C(=S)NCCNC(=O)OC(C)(C)C)CC1. The zero-order valence-electron chi connectivity index (χ0n) is 15.0. The third kappa shape index (κ3) is 7.81. The summed E-state index contributed by atoms with van der Waals surface area (Å²) in [5.41, 5.74) is -0.504. The van der Waals surface area contributed by atoms with Gasteiger partial charge in [-0.15, -0.1) is 0 Å². The van der Waals surface area contributed by atoms with Gasteiger partial charge in [0.05, 0.1) is 12.5 Å². The molecule has 0 aromatic rings. The highest BCUT2D eigenvalue weighted by molar-refractivity contribution is 7.80. The second-order valence-corrected chi connectivity index (χ2v) is 7.06. The Balaban J connectivity index is 2.19. The Morgan fingerprint density at radius 1 is 1.17 bits per heavy atom. The normalized spacial score (nSPS) is 15.6. The number of esters is 1. The van der Waals surface area contributed by atoms with Gasteiger partial charge in [0.1, 0.15) is 5.60 Å². The standard InChI is InChI=1S/C16H29N3O4S/c1-5-22-13(20)12-6-10-19(11-7-12)14(24)17-8-9-18-15(21)23-16(2,3)4/h12H,5-11H2,1-4H3,(H,17,24)(H,18,21). The van der Waals surface area contributed by atoms with Gasteiger partial charge in [-0.25, -0.2) is 4.79 Å². The molecule has 0 bridgehead atoms. The van der Waals surface area contributed by atoms with E-state index in [0.717, 1.165) is 25.9 Å². The first-order valence-electron chi connectivity index (χ1n) is 8.39. The molecule has 0 unspecified atom stereocenters. The van der Waals surface area contributed by atoms with E-state index in [4.69, 9.17) is 21.7 Å². The Bertz CT molecular complexity index is 443. The molecule has 0 spiro atoms. The van der Waals surface area contributed by atoms with Gasteiger partial charge in [0.2, 0.25) is 0 Å². The van der Waals surface area contributed by atoms with Crippen molar-refractivity contribution in [2.75, 3.05) is 32.8 Å². The van der Waals surface area contributed by atoms with E-state index in [1.807, 2.05) is 32.6 Å². The van der Waals surface area contributed by atoms with E-state index in [2.05, 4.69) is 10.6 Å². The molecule has 7 nitrogen and oxygen atoms in total. The highest BCUT2D eigenvalue weighted by Crippen LogP contribution is 2.18. The van der Waals surface area contributed by atoms with Crippen molar-refractivity contribution in [3.8, 4) is 0 Å². The van der Waals surface area contributed by atoms with Crippen LogP contribution in [0.25, 0.3) is 0 Å². The summed E-state index contributed by atoms with van der Waals surface area (Å²) in [5.74, 6) is -0.143. The number of rotatable bonds is 5. The lowest BCUT2D eigenvalue weighted by Crippen LogP contribution is -2.47. The molecule has 0 aromatic heterocycles. The summed E-state index contributed by atoms with van der Waals surface area (Å²) in [4.78, 5) is 25.3. The first-order chi connectivity index (χ1) is 11.2. The molecule has 1 saturated heterocycles. The summed E-state index contributed by atoms with van der Waals surface area (Å²) in [5, 5.41) is 6.42. The van der Waals surface area contributed by atoms with Crippen LogP contribution in [0.5, 0.6) is 0 Å². The molecule has 0 radical (unpaired) electrons. The van der Waals surface area contributed by atoms with Gasteiger partial charge >= 0.3 is 12.1 Å². The van der Waals surface area contributed by atoms with Crippen LogP contribution in [0.15, 0.2) is 0 Å². The molecule has 1 amide bonds. The number of carbonyl (C=O) groups is 2. The average molecular weight is 359 g/mol. The van der Waals surface area contributed by atoms with Crippen LogP contribution >= 0.6 is 12.2 Å². The van der Waals surface area contributed by atoms with E-state index in [9.17, 15) is 9.59 Å². The topological polar surface area (TPSA) is 79.9 Å². The largest absolute Gasteiger partial charge is 0.466 e. The van der Waals surface area contributed by atoms with E-state index >= 15 is 0 Å². The first-order valence-corrected chi connectivity index (χ1v) is 8.80. The molecule has 0 atom stereocenters. The number of hydrogen-bond acceptors (Lipinski definition) is 5. The van der Waals surface area contributed by atoms with Crippen molar-refractivity contribution in [2.24, 2.45) is 5.92 Å². The van der Waals surface area contributed by atoms with Crippen molar-refractivity contribution in [1.29, 1.82) is 0 Å². The molecule has 8 heteroatoms. The molecular weight excluding hydrogens is 330 g/mol. The van der Waals surface area contributed by atoms with Crippen molar-refractivity contribution in [2.45, 2.75) is 46.1 Å². The lowest BCUT2D eigenvalue weighted by Gasteiger charge is -2.32. The van der Waals surface area contributed by atoms with Crippen molar-refractivity contribution >= 4 is 29.4 Å². The number of likely N-dealkylation sites (tertiary alicyclic amines) is 1. The maximum absolute atomic E-state index is 11.7. The Hall–Kier alpha value is -1.57. The van der Waals surface area contributed by atoms with Gasteiger partial charge in [-0.05, 0) is 52.8 Å². The average Bonchev–Trinajstić information content (AvgIpc) is 2.50. The zero-order valence-corrected chi connectivity index (χ0v) is 15.8. The lowest BCUT2D eigenvalue weighted by molar-refractivity contribution is -0.149. The molecule has 1 rings (SSSR count). The number of carbonyl (C=O) groups excluding carboxylic acids is 2. The number of nitrogens with zero attached hydrogens (tertiary/aromatic N) is 1. The number of thiocarbonyl (C=S) groups is 1. The lowest BCUT2D eigenvalue weighted by atomic mass is 9.97. The highest BCUT2D eigenvalue weighted by atomic mass is 32.1. The smallest absolute Gasteiger partial charge is 0.407 e. The maximum Gasteiger partial charge on any atom is 0.407 e. The molecular formula is C16H29N3O4S. The maximum atomic E-state index is 11.7. The van der Waals surface area contributed by atoms with Crippen molar-refractivity contribution < 1.29 is 19.1 Å². The highest BCUT2D eigenvalue weighted by Gasteiger charge is 2.26. The van der Waals surface area contributed by atoms with Gasteiger partial charge in [0.15, 0.2) is 5.11 Å². The van der Waals surface area contributed by atoms with Crippen molar-refractivity contribution in [3.05, 3.63) is 0 Å². The summed E-state index contributed by atoms with van der Waals surface area (Å²) in [6.45, 7) is 10.1. The third-order valence-electron chi connectivity index (χ3n) is 3.47. The molecule has 24 heavy (non-hydrogen) atoms. The monoisotopic (exact) mass is 359 g/mol. The summed E-state index contributed by atoms with van der Waals surface area (Å²) >= 11 is 5.35. The fourth-order valence-corrected chi connectivity index (χ4v) is 2.62. The number of nitrogens with one attached hydrogen (secondary N) is 2. The number of piperidine rings is 1. The van der Waals surface area contributed by atoms with E-state index in [0.29, 0.717) is 24.8 Å². The number of alkyl carbamates (subject to hydrolysis) is 1. The number of ether oxygens (including phenoxy) is 2.